The molecule has 0 amide bonds. The van der Waals surface area contributed by atoms with Crippen molar-refractivity contribution < 1.29 is 9.50 Å². The second-order valence-corrected chi connectivity index (χ2v) is 4.47. The lowest BCUT2D eigenvalue weighted by Crippen LogP contribution is -2.37. The largest absolute Gasteiger partial charge is 0.392 e. The van der Waals surface area contributed by atoms with Crippen LogP contribution in [-0.2, 0) is 0 Å². The third-order valence-electron chi connectivity index (χ3n) is 2.72. The van der Waals surface area contributed by atoms with E-state index in [2.05, 4.69) is 6.92 Å². The predicted molar refractivity (Wildman–Crippen MR) is 51.4 cm³/mol. The van der Waals surface area contributed by atoms with Gasteiger partial charge in [0, 0.05) is 19.0 Å². The lowest BCUT2D eigenvalue weighted by Gasteiger charge is -2.30. The fourth-order valence-corrected chi connectivity index (χ4v) is 2.27. The Morgan fingerprint density at radius 2 is 2.08 bits per heavy atom. The number of hydrogen-bond donors (Lipinski definition) is 1. The van der Waals surface area contributed by atoms with Crippen molar-refractivity contribution in [2.75, 3.05) is 26.8 Å². The molecule has 1 aliphatic heterocycles. The molecule has 2 unspecified atom stereocenters. The van der Waals surface area contributed by atoms with Crippen molar-refractivity contribution in [3.05, 3.63) is 0 Å². The Morgan fingerprint density at radius 3 is 2.69 bits per heavy atom. The number of nitrogens with zero attached hydrogens (tertiary/aromatic N) is 1. The molecule has 0 aromatic heterocycles. The zero-order chi connectivity index (χ0) is 9.84. The smallest absolute Gasteiger partial charge is 0.0934 e. The third kappa shape index (κ3) is 3.61. The van der Waals surface area contributed by atoms with Crippen LogP contribution in [0, 0.1) is 11.8 Å². The summed E-state index contributed by atoms with van der Waals surface area (Å²) >= 11 is 0. The van der Waals surface area contributed by atoms with E-state index in [4.69, 9.17) is 0 Å². The predicted octanol–water partition coefficient (Wildman–Crippen LogP) is 1.29. The molecule has 0 aliphatic carbocycles. The van der Waals surface area contributed by atoms with Gasteiger partial charge in [-0.15, -0.1) is 0 Å². The summed E-state index contributed by atoms with van der Waals surface area (Å²) < 4.78 is 12.5. The Balaban J connectivity index is 2.48. The Kier molecular flexibility index (Phi) is 4.13. The van der Waals surface area contributed by atoms with Crippen LogP contribution in [0.4, 0.5) is 4.39 Å². The standard InChI is InChI=1S/C10H20FNO/c1-8-3-9(5-11)6-12(2)7-10(13)4-8/h8-10,13H,3-7H2,1-2H3/t8?,9?,10-/m1/s1. The molecule has 3 heteroatoms. The molecule has 3 atom stereocenters. The summed E-state index contributed by atoms with van der Waals surface area (Å²) in [5, 5.41) is 9.58. The number of aliphatic hydroxyl groups excluding tert-OH is 1. The second kappa shape index (κ2) is 4.91. The minimum absolute atomic E-state index is 0.160. The number of likely N-dealkylation sites (N-methyl/N-ethyl adjacent to an activating group) is 1. The number of likely N-dealkylation sites (tertiary alicyclic amines) is 1. The summed E-state index contributed by atoms with van der Waals surface area (Å²) in [6.07, 6.45) is 1.47. The van der Waals surface area contributed by atoms with Crippen LogP contribution in [0.15, 0.2) is 0 Å². The van der Waals surface area contributed by atoms with Gasteiger partial charge in [0.25, 0.3) is 0 Å². The van der Waals surface area contributed by atoms with Crippen LogP contribution in [-0.4, -0.2) is 42.9 Å². The van der Waals surface area contributed by atoms with E-state index in [1.807, 2.05) is 11.9 Å². The highest BCUT2D eigenvalue weighted by atomic mass is 19.1. The summed E-state index contributed by atoms with van der Waals surface area (Å²) in [7, 11) is 1.95. The second-order valence-electron chi connectivity index (χ2n) is 4.47. The van der Waals surface area contributed by atoms with E-state index in [0.29, 0.717) is 12.5 Å². The molecule has 0 saturated carbocycles. The van der Waals surface area contributed by atoms with Crippen molar-refractivity contribution in [1.82, 2.24) is 4.90 Å². The molecule has 0 radical (unpaired) electrons. The highest BCUT2D eigenvalue weighted by Gasteiger charge is 2.22. The van der Waals surface area contributed by atoms with E-state index < -0.39 is 0 Å². The van der Waals surface area contributed by atoms with Gasteiger partial charge in [0.2, 0.25) is 0 Å². The molecule has 78 valence electrons. The summed E-state index contributed by atoms with van der Waals surface area (Å²) in [4.78, 5) is 2.03. The normalized spacial score (nSPS) is 38.3. The average Bonchev–Trinajstić information content (AvgIpc) is 1.99. The summed E-state index contributed by atoms with van der Waals surface area (Å²) in [5.74, 6) is 0.608. The number of halogens is 1. The first-order valence-corrected chi connectivity index (χ1v) is 5.04. The van der Waals surface area contributed by atoms with Crippen molar-refractivity contribution in [2.45, 2.75) is 25.9 Å². The molecule has 0 bridgehead atoms. The van der Waals surface area contributed by atoms with Gasteiger partial charge >= 0.3 is 0 Å². The molecule has 1 heterocycles. The van der Waals surface area contributed by atoms with E-state index in [0.717, 1.165) is 19.4 Å². The van der Waals surface area contributed by atoms with Crippen molar-refractivity contribution in [3.63, 3.8) is 0 Å². The van der Waals surface area contributed by atoms with Crippen LogP contribution in [0.2, 0.25) is 0 Å². The van der Waals surface area contributed by atoms with E-state index in [9.17, 15) is 9.50 Å². The van der Waals surface area contributed by atoms with Gasteiger partial charge < -0.3 is 10.0 Å². The van der Waals surface area contributed by atoms with E-state index >= 15 is 0 Å². The highest BCUT2D eigenvalue weighted by Crippen LogP contribution is 2.21. The van der Waals surface area contributed by atoms with Gasteiger partial charge in [0.15, 0.2) is 0 Å². The van der Waals surface area contributed by atoms with Gasteiger partial charge in [0.05, 0.1) is 12.8 Å². The van der Waals surface area contributed by atoms with Gasteiger partial charge in [-0.25, -0.2) is 0 Å². The number of hydrogen-bond acceptors (Lipinski definition) is 2. The van der Waals surface area contributed by atoms with Crippen molar-refractivity contribution in [2.24, 2.45) is 11.8 Å². The fraction of sp³-hybridized carbons (Fsp3) is 1.00. The lowest BCUT2D eigenvalue weighted by molar-refractivity contribution is 0.0678. The molecule has 0 aromatic rings. The summed E-state index contributed by atoms with van der Waals surface area (Å²) in [6, 6.07) is 0. The zero-order valence-electron chi connectivity index (χ0n) is 8.54. The Hall–Kier alpha value is -0.150. The van der Waals surface area contributed by atoms with Crippen molar-refractivity contribution in [3.8, 4) is 0 Å². The molecule has 2 nitrogen and oxygen atoms in total. The van der Waals surface area contributed by atoms with Gasteiger partial charge in [0.1, 0.15) is 0 Å². The van der Waals surface area contributed by atoms with Crippen LogP contribution < -0.4 is 0 Å². The zero-order valence-corrected chi connectivity index (χ0v) is 8.54. The minimum Gasteiger partial charge on any atom is -0.392 e. The number of alkyl halides is 1. The fourth-order valence-electron chi connectivity index (χ4n) is 2.27. The van der Waals surface area contributed by atoms with Crippen LogP contribution in [0.3, 0.4) is 0 Å². The molecular weight excluding hydrogens is 169 g/mol. The Bertz CT molecular complexity index is 140. The van der Waals surface area contributed by atoms with Crippen molar-refractivity contribution >= 4 is 0 Å². The lowest BCUT2D eigenvalue weighted by atomic mass is 9.90. The van der Waals surface area contributed by atoms with Crippen LogP contribution in [0.25, 0.3) is 0 Å². The van der Waals surface area contributed by atoms with Crippen LogP contribution in [0.1, 0.15) is 19.8 Å². The number of β-amino-alcohol motifs (C(OH)–C–C–N with tert-alkyl or cyclic N) is 1. The minimum atomic E-state index is -0.236. The molecule has 0 aromatic carbocycles. The van der Waals surface area contributed by atoms with Crippen LogP contribution in [0.5, 0.6) is 0 Å². The van der Waals surface area contributed by atoms with Crippen LogP contribution >= 0.6 is 0 Å². The maximum Gasteiger partial charge on any atom is 0.0934 e. The summed E-state index contributed by atoms with van der Waals surface area (Å²) in [5.41, 5.74) is 0. The molecular formula is C10H20FNO. The molecule has 1 rings (SSSR count). The maximum atomic E-state index is 12.5. The SMILES string of the molecule is CC1CC(CF)CN(C)C[C@H](O)C1. The maximum absolute atomic E-state index is 12.5. The first-order valence-electron chi connectivity index (χ1n) is 5.04. The number of rotatable bonds is 1. The quantitative estimate of drug-likeness (QED) is 0.672. The third-order valence-corrected chi connectivity index (χ3v) is 2.72. The molecule has 1 aliphatic rings. The Labute approximate surface area is 79.7 Å². The first kappa shape index (κ1) is 10.9. The van der Waals surface area contributed by atoms with E-state index in [-0.39, 0.29) is 18.7 Å². The van der Waals surface area contributed by atoms with Crippen molar-refractivity contribution in [1.29, 1.82) is 0 Å². The summed E-state index contributed by atoms with van der Waals surface area (Å²) in [6.45, 7) is 3.32. The molecule has 0 spiro atoms. The monoisotopic (exact) mass is 189 g/mol. The molecule has 1 saturated heterocycles. The average molecular weight is 189 g/mol. The highest BCUT2D eigenvalue weighted by molar-refractivity contribution is 4.75. The van der Waals surface area contributed by atoms with E-state index in [1.54, 1.807) is 0 Å². The molecule has 13 heavy (non-hydrogen) atoms. The molecule has 1 fully saturated rings. The van der Waals surface area contributed by atoms with Gasteiger partial charge in [-0.1, -0.05) is 6.92 Å². The number of aliphatic hydroxyl groups is 1. The Morgan fingerprint density at radius 1 is 1.38 bits per heavy atom. The van der Waals surface area contributed by atoms with Gasteiger partial charge in [-0.2, -0.15) is 0 Å². The van der Waals surface area contributed by atoms with Gasteiger partial charge in [-0.05, 0) is 25.8 Å². The van der Waals surface area contributed by atoms with E-state index in [1.165, 1.54) is 0 Å². The van der Waals surface area contributed by atoms with Gasteiger partial charge in [-0.3, -0.25) is 4.39 Å². The topological polar surface area (TPSA) is 23.5 Å². The molecule has 1 N–H and O–H groups in total. The first-order chi connectivity index (χ1) is 6.11.